The van der Waals surface area contributed by atoms with E-state index in [1.165, 1.54) is 89.9 Å². The van der Waals surface area contributed by atoms with E-state index in [1.807, 2.05) is 0 Å². The van der Waals surface area contributed by atoms with Crippen LogP contribution in [0.3, 0.4) is 0 Å². The number of Topliss-reactive ketones (excluding diaryl/α,β-unsaturated/α-hetero) is 2. The Hall–Kier alpha value is -0.660. The number of hydrogen-bond acceptors (Lipinski definition) is 2. The highest BCUT2D eigenvalue weighted by Crippen LogP contribution is 2.63. The van der Waals surface area contributed by atoms with Gasteiger partial charge in [0.25, 0.3) is 0 Å². The van der Waals surface area contributed by atoms with Gasteiger partial charge in [0.05, 0.1) is 0 Å². The zero-order valence-electron chi connectivity index (χ0n) is 18.6. The predicted molar refractivity (Wildman–Crippen MR) is 117 cm³/mol. The minimum atomic E-state index is 0.420. The molecule has 0 radical (unpaired) electrons. The molecule has 2 heteroatoms. The highest BCUT2D eigenvalue weighted by Gasteiger charge is 2.59. The maximum absolute atomic E-state index is 13.4. The van der Waals surface area contributed by atoms with Crippen molar-refractivity contribution in [3.05, 3.63) is 0 Å². The van der Waals surface area contributed by atoms with Gasteiger partial charge in [-0.25, -0.2) is 0 Å². The third-order valence-corrected chi connectivity index (χ3v) is 12.1. The first-order valence-electron chi connectivity index (χ1n) is 13.8. The SMILES string of the molecule is O=C1C2CCCCC2C2CC3CCC4CC5C(=O)C6CCCCC6C5CC4C3CC12. The van der Waals surface area contributed by atoms with E-state index in [9.17, 15) is 9.59 Å². The number of carbonyl (C=O) groups excluding carboxylic acids is 2. The van der Waals surface area contributed by atoms with Crippen LogP contribution in [0.25, 0.3) is 0 Å². The summed E-state index contributed by atoms with van der Waals surface area (Å²) >= 11 is 0. The Bertz CT molecular complexity index is 741. The van der Waals surface area contributed by atoms with Crippen LogP contribution < -0.4 is 0 Å². The van der Waals surface area contributed by atoms with Crippen LogP contribution in [-0.4, -0.2) is 11.6 Å². The highest BCUT2D eigenvalue weighted by atomic mass is 16.1. The normalized spacial score (nSPS) is 56.9. The smallest absolute Gasteiger partial charge is 0.139 e. The van der Waals surface area contributed by atoms with E-state index < -0.39 is 0 Å². The molecule has 0 aromatic heterocycles. The van der Waals surface area contributed by atoms with Gasteiger partial charge in [-0.1, -0.05) is 25.7 Å². The van der Waals surface area contributed by atoms with Crippen molar-refractivity contribution < 1.29 is 9.59 Å². The van der Waals surface area contributed by atoms with Gasteiger partial charge in [-0.3, -0.25) is 9.59 Å². The number of ketones is 2. The molecule has 7 fully saturated rings. The zero-order valence-corrected chi connectivity index (χ0v) is 18.6. The molecule has 0 aromatic carbocycles. The minimum Gasteiger partial charge on any atom is -0.299 e. The Labute approximate surface area is 182 Å². The van der Waals surface area contributed by atoms with Gasteiger partial charge < -0.3 is 0 Å². The van der Waals surface area contributed by atoms with E-state index in [0.29, 0.717) is 41.2 Å². The number of carbonyl (C=O) groups is 2. The van der Waals surface area contributed by atoms with E-state index in [1.54, 1.807) is 0 Å². The molecule has 0 amide bonds. The van der Waals surface area contributed by atoms with Crippen molar-refractivity contribution in [1.29, 1.82) is 0 Å². The summed E-state index contributed by atoms with van der Waals surface area (Å²) in [6.07, 6.45) is 18.4. The minimum absolute atomic E-state index is 0.420. The zero-order chi connectivity index (χ0) is 20.0. The fourth-order valence-corrected chi connectivity index (χ4v) is 11.0. The summed E-state index contributed by atoms with van der Waals surface area (Å²) in [5.41, 5.74) is 0. The lowest BCUT2D eigenvalue weighted by Crippen LogP contribution is -2.46. The van der Waals surface area contributed by atoms with Gasteiger partial charge in [-0.2, -0.15) is 0 Å². The molecule has 12 unspecified atom stereocenters. The van der Waals surface area contributed by atoms with Crippen molar-refractivity contribution in [2.45, 2.75) is 89.9 Å². The van der Waals surface area contributed by atoms with Crippen LogP contribution in [-0.2, 0) is 9.59 Å². The van der Waals surface area contributed by atoms with Gasteiger partial charge in [-0.05, 0) is 112 Å². The van der Waals surface area contributed by atoms with Gasteiger partial charge in [0.1, 0.15) is 11.6 Å². The first kappa shape index (κ1) is 18.9. The molecule has 164 valence electrons. The maximum Gasteiger partial charge on any atom is 0.139 e. The summed E-state index contributed by atoms with van der Waals surface area (Å²) in [5.74, 6) is 9.38. The van der Waals surface area contributed by atoms with Gasteiger partial charge in [0.2, 0.25) is 0 Å². The van der Waals surface area contributed by atoms with Crippen LogP contribution in [0.5, 0.6) is 0 Å². The predicted octanol–water partition coefficient (Wildman–Crippen LogP) is 6.08. The molecule has 0 spiro atoms. The first-order chi connectivity index (χ1) is 14.7. The lowest BCUT2D eigenvalue weighted by molar-refractivity contribution is -0.128. The average molecular weight is 409 g/mol. The maximum atomic E-state index is 13.4. The Balaban J connectivity index is 1.15. The Morgan fingerprint density at radius 3 is 1.57 bits per heavy atom. The van der Waals surface area contributed by atoms with Crippen LogP contribution in [0, 0.1) is 71.0 Å². The molecule has 7 rings (SSSR count). The second-order valence-corrected chi connectivity index (χ2v) is 12.8. The van der Waals surface area contributed by atoms with Gasteiger partial charge in [0, 0.05) is 23.7 Å². The fraction of sp³-hybridized carbons (Fsp3) is 0.929. The molecule has 0 aliphatic heterocycles. The summed E-state index contributed by atoms with van der Waals surface area (Å²) < 4.78 is 0. The van der Waals surface area contributed by atoms with Crippen molar-refractivity contribution in [2.24, 2.45) is 71.0 Å². The van der Waals surface area contributed by atoms with Gasteiger partial charge in [-0.15, -0.1) is 0 Å². The second-order valence-electron chi connectivity index (χ2n) is 12.8. The molecular weight excluding hydrogens is 368 g/mol. The summed E-state index contributed by atoms with van der Waals surface area (Å²) in [6, 6.07) is 0. The summed E-state index contributed by atoms with van der Waals surface area (Å²) in [4.78, 5) is 26.6. The molecule has 7 aliphatic carbocycles. The topological polar surface area (TPSA) is 34.1 Å². The van der Waals surface area contributed by atoms with Crippen molar-refractivity contribution in [2.75, 3.05) is 0 Å². The quantitative estimate of drug-likeness (QED) is 0.487. The fourth-order valence-electron chi connectivity index (χ4n) is 11.0. The van der Waals surface area contributed by atoms with Crippen molar-refractivity contribution >= 4 is 11.6 Å². The molecule has 12 atom stereocenters. The van der Waals surface area contributed by atoms with Crippen LogP contribution in [0.15, 0.2) is 0 Å². The van der Waals surface area contributed by atoms with Crippen molar-refractivity contribution in [1.82, 2.24) is 0 Å². The van der Waals surface area contributed by atoms with E-state index >= 15 is 0 Å². The van der Waals surface area contributed by atoms with E-state index in [-0.39, 0.29) is 0 Å². The van der Waals surface area contributed by atoms with Crippen LogP contribution in [0.2, 0.25) is 0 Å². The molecule has 0 N–H and O–H groups in total. The highest BCUT2D eigenvalue weighted by molar-refractivity contribution is 5.87. The summed E-state index contributed by atoms with van der Waals surface area (Å²) in [6.45, 7) is 0. The molecule has 0 bridgehead atoms. The number of fused-ring (bicyclic) bond motifs is 9. The van der Waals surface area contributed by atoms with Crippen LogP contribution >= 0.6 is 0 Å². The lowest BCUT2D eigenvalue weighted by atomic mass is 9.51. The van der Waals surface area contributed by atoms with Crippen LogP contribution in [0.1, 0.15) is 89.9 Å². The molecule has 7 saturated carbocycles. The molecule has 2 nitrogen and oxygen atoms in total. The van der Waals surface area contributed by atoms with E-state index in [0.717, 1.165) is 41.4 Å². The Kier molecular flexibility index (Phi) is 4.35. The Morgan fingerprint density at radius 1 is 0.400 bits per heavy atom. The molecule has 0 heterocycles. The molecule has 0 aromatic rings. The Morgan fingerprint density at radius 2 is 0.900 bits per heavy atom. The van der Waals surface area contributed by atoms with Crippen LogP contribution in [0.4, 0.5) is 0 Å². The van der Waals surface area contributed by atoms with Crippen molar-refractivity contribution in [3.63, 3.8) is 0 Å². The third kappa shape index (κ3) is 2.54. The van der Waals surface area contributed by atoms with Gasteiger partial charge >= 0.3 is 0 Å². The third-order valence-electron chi connectivity index (χ3n) is 12.1. The lowest BCUT2D eigenvalue weighted by Gasteiger charge is -2.53. The summed E-state index contributed by atoms with van der Waals surface area (Å²) in [7, 11) is 0. The molecule has 0 saturated heterocycles. The number of rotatable bonds is 0. The summed E-state index contributed by atoms with van der Waals surface area (Å²) in [5, 5.41) is 0. The van der Waals surface area contributed by atoms with E-state index in [4.69, 9.17) is 0 Å². The van der Waals surface area contributed by atoms with Gasteiger partial charge in [0.15, 0.2) is 0 Å². The monoisotopic (exact) mass is 408 g/mol. The van der Waals surface area contributed by atoms with E-state index in [2.05, 4.69) is 0 Å². The molecule has 7 aliphatic rings. The molecular formula is C28H40O2. The average Bonchev–Trinajstić information content (AvgIpc) is 3.23. The second kappa shape index (κ2) is 6.92. The standard InChI is InChI=1S/C28H40O2/c29-27-20-8-4-2-6-18(20)24-13-21-16(12-25(24)27)10-9-15-11-23-17-5-1-3-7-19(17)28(30)26(23)14-22(15)21/h15-26H,1-14H2. The largest absolute Gasteiger partial charge is 0.299 e. The first-order valence-corrected chi connectivity index (χ1v) is 13.8. The molecule has 30 heavy (non-hydrogen) atoms. The number of hydrogen-bond donors (Lipinski definition) is 0. The van der Waals surface area contributed by atoms with Crippen molar-refractivity contribution in [3.8, 4) is 0 Å².